The number of nitrogens with zero attached hydrogens (tertiary/aromatic N) is 1. The Labute approximate surface area is 125 Å². The molecule has 3 atom stereocenters. The van der Waals surface area contributed by atoms with Crippen LogP contribution in [-0.2, 0) is 15.1 Å². The van der Waals surface area contributed by atoms with Crippen molar-refractivity contribution in [1.82, 2.24) is 10.3 Å². The highest BCUT2D eigenvalue weighted by Gasteiger charge is 2.49. The molecule has 2 bridgehead atoms. The van der Waals surface area contributed by atoms with Crippen LogP contribution in [-0.4, -0.2) is 35.3 Å². The molecule has 2 N–H and O–H groups in total. The number of rotatable bonds is 4. The molecule has 1 aromatic rings. The van der Waals surface area contributed by atoms with Crippen molar-refractivity contribution in [2.45, 2.75) is 30.9 Å². The molecule has 2 heterocycles. The Morgan fingerprint density at radius 3 is 3.15 bits per heavy atom. The summed E-state index contributed by atoms with van der Waals surface area (Å²) in [5.41, 5.74) is 0.459. The van der Waals surface area contributed by atoms with E-state index in [0.29, 0.717) is 12.0 Å². The molecular weight excluding hydrogens is 324 g/mol. The molecule has 0 radical (unpaired) electrons. The van der Waals surface area contributed by atoms with Crippen LogP contribution in [0.25, 0.3) is 0 Å². The molecule has 2 fully saturated rings. The lowest BCUT2D eigenvalue weighted by molar-refractivity contribution is -0.158. The number of hydrogen-bond acceptors (Lipinski definition) is 4. The third kappa shape index (κ3) is 2.47. The standard InChI is InChI=1S/C14H17BrN2O3/c15-12-2-1-9(6-17-12)14(20-8-13(18)19)4-3-11-5-10(14)7-16-11/h1-2,6,10-11,16H,3-5,7-8H2,(H,18,19). The first-order chi connectivity index (χ1) is 9.60. The summed E-state index contributed by atoms with van der Waals surface area (Å²) in [7, 11) is 0. The van der Waals surface area contributed by atoms with Crippen molar-refractivity contribution in [2.75, 3.05) is 13.2 Å². The van der Waals surface area contributed by atoms with E-state index in [2.05, 4.69) is 26.2 Å². The Morgan fingerprint density at radius 1 is 1.60 bits per heavy atom. The molecule has 0 spiro atoms. The van der Waals surface area contributed by atoms with Crippen molar-refractivity contribution in [3.8, 4) is 0 Å². The van der Waals surface area contributed by atoms with Gasteiger partial charge in [0.05, 0.1) is 5.60 Å². The van der Waals surface area contributed by atoms with E-state index in [1.165, 1.54) is 0 Å². The highest BCUT2D eigenvalue weighted by Crippen LogP contribution is 2.47. The number of carboxylic acid groups (broad SMARTS) is 1. The lowest BCUT2D eigenvalue weighted by atomic mass is 9.72. The molecule has 2 aliphatic rings. The van der Waals surface area contributed by atoms with Crippen molar-refractivity contribution in [3.63, 3.8) is 0 Å². The lowest BCUT2D eigenvalue weighted by Crippen LogP contribution is -2.42. The number of halogens is 1. The second-order valence-electron chi connectivity index (χ2n) is 5.52. The fourth-order valence-corrected chi connectivity index (χ4v) is 3.69. The molecule has 0 amide bonds. The number of carboxylic acids is 1. The van der Waals surface area contributed by atoms with Crippen LogP contribution in [0.4, 0.5) is 0 Å². The quantitative estimate of drug-likeness (QED) is 0.819. The van der Waals surface area contributed by atoms with Crippen LogP contribution in [0, 0.1) is 5.92 Å². The predicted molar refractivity (Wildman–Crippen MR) is 76.3 cm³/mol. The maximum atomic E-state index is 10.9. The maximum Gasteiger partial charge on any atom is 0.329 e. The molecule has 108 valence electrons. The number of fused-ring (bicyclic) bond motifs is 2. The fraction of sp³-hybridized carbons (Fsp3) is 0.571. The first-order valence-electron chi connectivity index (χ1n) is 6.81. The van der Waals surface area contributed by atoms with Crippen molar-refractivity contribution in [2.24, 2.45) is 5.92 Å². The topological polar surface area (TPSA) is 71.5 Å². The van der Waals surface area contributed by atoms with Crippen LogP contribution in [0.1, 0.15) is 24.8 Å². The second kappa shape index (κ2) is 5.42. The van der Waals surface area contributed by atoms with E-state index in [-0.39, 0.29) is 6.61 Å². The molecule has 1 aliphatic heterocycles. The number of aliphatic carboxylic acids is 1. The van der Waals surface area contributed by atoms with Gasteiger partial charge in [0, 0.05) is 30.3 Å². The minimum atomic E-state index is -0.928. The molecular formula is C14H17BrN2O3. The highest BCUT2D eigenvalue weighted by atomic mass is 79.9. The van der Waals surface area contributed by atoms with Gasteiger partial charge >= 0.3 is 5.97 Å². The zero-order chi connectivity index (χ0) is 14.2. The van der Waals surface area contributed by atoms with E-state index in [9.17, 15) is 4.79 Å². The normalized spacial score (nSPS) is 32.2. The number of carbonyl (C=O) groups is 1. The minimum absolute atomic E-state index is 0.267. The van der Waals surface area contributed by atoms with E-state index in [4.69, 9.17) is 9.84 Å². The van der Waals surface area contributed by atoms with Crippen LogP contribution >= 0.6 is 15.9 Å². The summed E-state index contributed by atoms with van der Waals surface area (Å²) in [6, 6.07) is 4.41. The van der Waals surface area contributed by atoms with Crippen LogP contribution in [0.5, 0.6) is 0 Å². The number of nitrogens with one attached hydrogen (secondary N) is 1. The zero-order valence-corrected chi connectivity index (χ0v) is 12.6. The SMILES string of the molecule is O=C(O)COC1(c2ccc(Br)nc2)CCC2CC1CN2. The van der Waals surface area contributed by atoms with Crippen molar-refractivity contribution >= 4 is 21.9 Å². The Kier molecular flexibility index (Phi) is 3.79. The van der Waals surface area contributed by atoms with E-state index < -0.39 is 11.6 Å². The van der Waals surface area contributed by atoms with E-state index >= 15 is 0 Å². The summed E-state index contributed by atoms with van der Waals surface area (Å²) < 4.78 is 6.66. The van der Waals surface area contributed by atoms with E-state index in [0.717, 1.165) is 36.0 Å². The third-order valence-electron chi connectivity index (χ3n) is 4.41. The molecule has 1 aromatic heterocycles. The van der Waals surface area contributed by atoms with Crippen LogP contribution in [0.2, 0.25) is 0 Å². The second-order valence-corrected chi connectivity index (χ2v) is 6.33. The van der Waals surface area contributed by atoms with Crippen LogP contribution < -0.4 is 5.32 Å². The summed E-state index contributed by atoms with van der Waals surface area (Å²) in [5.74, 6) is -0.619. The largest absolute Gasteiger partial charge is 0.480 e. The smallest absolute Gasteiger partial charge is 0.329 e. The van der Waals surface area contributed by atoms with Gasteiger partial charge in [-0.05, 0) is 41.3 Å². The number of hydrogen-bond donors (Lipinski definition) is 2. The maximum absolute atomic E-state index is 10.9. The molecule has 5 nitrogen and oxygen atoms in total. The number of pyridine rings is 1. The van der Waals surface area contributed by atoms with Crippen molar-refractivity contribution in [1.29, 1.82) is 0 Å². The molecule has 0 aromatic carbocycles. The van der Waals surface area contributed by atoms with Gasteiger partial charge < -0.3 is 15.2 Å². The average molecular weight is 341 g/mol. The molecule has 3 unspecified atom stereocenters. The summed E-state index contributed by atoms with van der Waals surface area (Å²) in [4.78, 5) is 15.2. The van der Waals surface area contributed by atoms with Gasteiger partial charge in [0.2, 0.25) is 0 Å². The van der Waals surface area contributed by atoms with Crippen LogP contribution in [0.3, 0.4) is 0 Å². The van der Waals surface area contributed by atoms with E-state index in [1.807, 2.05) is 12.1 Å². The summed E-state index contributed by atoms with van der Waals surface area (Å²) in [6.07, 6.45) is 4.68. The third-order valence-corrected chi connectivity index (χ3v) is 4.88. The van der Waals surface area contributed by atoms with Gasteiger partial charge in [-0.2, -0.15) is 0 Å². The Hall–Kier alpha value is -0.980. The number of aromatic nitrogens is 1. The van der Waals surface area contributed by atoms with Gasteiger partial charge in [-0.1, -0.05) is 6.07 Å². The van der Waals surface area contributed by atoms with Gasteiger partial charge in [0.1, 0.15) is 11.2 Å². The number of ether oxygens (including phenoxy) is 1. The average Bonchev–Trinajstić information content (AvgIpc) is 2.84. The fourth-order valence-electron chi connectivity index (χ4n) is 3.46. The van der Waals surface area contributed by atoms with E-state index in [1.54, 1.807) is 6.20 Å². The predicted octanol–water partition coefficient (Wildman–Crippen LogP) is 1.91. The van der Waals surface area contributed by atoms with Crippen LogP contribution in [0.15, 0.2) is 22.9 Å². The molecule has 1 saturated heterocycles. The summed E-state index contributed by atoms with van der Waals surface area (Å²) in [5, 5.41) is 12.4. The van der Waals surface area contributed by atoms with Crippen molar-refractivity contribution in [3.05, 3.63) is 28.5 Å². The Morgan fingerprint density at radius 2 is 2.45 bits per heavy atom. The van der Waals surface area contributed by atoms with Gasteiger partial charge in [-0.25, -0.2) is 9.78 Å². The highest BCUT2D eigenvalue weighted by molar-refractivity contribution is 9.10. The molecule has 20 heavy (non-hydrogen) atoms. The van der Waals surface area contributed by atoms with Gasteiger partial charge in [-0.3, -0.25) is 0 Å². The van der Waals surface area contributed by atoms with Gasteiger partial charge in [0.25, 0.3) is 0 Å². The molecule has 6 heteroatoms. The summed E-state index contributed by atoms with van der Waals surface area (Å²) >= 11 is 3.33. The Balaban J connectivity index is 1.94. The monoisotopic (exact) mass is 340 g/mol. The minimum Gasteiger partial charge on any atom is -0.480 e. The van der Waals surface area contributed by atoms with Gasteiger partial charge in [-0.15, -0.1) is 0 Å². The molecule has 1 saturated carbocycles. The Bertz CT molecular complexity index is 508. The summed E-state index contributed by atoms with van der Waals surface area (Å²) in [6.45, 7) is 0.609. The first-order valence-corrected chi connectivity index (χ1v) is 7.60. The van der Waals surface area contributed by atoms with Crippen molar-refractivity contribution < 1.29 is 14.6 Å². The molecule has 1 aliphatic carbocycles. The molecule has 3 rings (SSSR count). The first kappa shape index (κ1) is 14.0. The van der Waals surface area contributed by atoms with Gasteiger partial charge in [0.15, 0.2) is 0 Å². The zero-order valence-electron chi connectivity index (χ0n) is 11.0. The lowest BCUT2D eigenvalue weighted by Gasteiger charge is -2.41.